The van der Waals surface area contributed by atoms with Crippen molar-refractivity contribution in [3.8, 4) is 66.8 Å². The summed E-state index contributed by atoms with van der Waals surface area (Å²) in [5.41, 5.74) is 41.9. The summed E-state index contributed by atoms with van der Waals surface area (Å²) in [4.78, 5) is 7.02. The second-order valence-corrected chi connectivity index (χ2v) is 42.5. The van der Waals surface area contributed by atoms with Gasteiger partial charge in [0.1, 0.15) is 0 Å². The van der Waals surface area contributed by atoms with Gasteiger partial charge in [-0.1, -0.05) is 426 Å². The van der Waals surface area contributed by atoms with Crippen LogP contribution in [0.4, 0.5) is 73.9 Å². The van der Waals surface area contributed by atoms with Gasteiger partial charge in [-0.25, -0.2) is 0 Å². The van der Waals surface area contributed by atoms with E-state index in [2.05, 4.69) is 606 Å². The predicted octanol–water partition coefficient (Wildman–Crippen LogP) is 41.8. The van der Waals surface area contributed by atoms with Crippen LogP contribution in [-0.2, 0) is 6.42 Å². The van der Waals surface area contributed by atoms with Gasteiger partial charge in [0, 0.05) is 111 Å². The Morgan fingerprint density at radius 2 is 0.416 bits per heavy atom. The molecule has 0 saturated heterocycles. The molecule has 0 aromatic heterocycles. The number of hydrogen-bond acceptors (Lipinski definition) is 5. The summed E-state index contributed by atoms with van der Waals surface area (Å²) in [6.45, 7) is 14.4. The summed E-state index contributed by atoms with van der Waals surface area (Å²) < 4.78 is 3.35. The van der Waals surface area contributed by atoms with Crippen LogP contribution in [0.1, 0.15) is 111 Å². The Bertz CT molecular complexity index is 7650. The van der Waals surface area contributed by atoms with E-state index in [4.69, 9.17) is 0 Å². The van der Waals surface area contributed by atoms with E-state index >= 15 is 0 Å². The van der Waals surface area contributed by atoms with Gasteiger partial charge >= 0.3 is 0 Å². The van der Waals surface area contributed by atoms with Crippen molar-refractivity contribution in [2.75, 3.05) is 25.3 Å². The van der Waals surface area contributed by atoms with Crippen LogP contribution in [0.3, 0.4) is 0 Å². The monoisotopic (exact) mass is 2120 g/mol. The zero-order valence-corrected chi connectivity index (χ0v) is 89.8. The minimum absolute atomic E-state index is 0.367. The SMILES string of the molecule is Brc1ccc(-c2ccc(Br)cc2)cc1.Brc1ccccc1.CC1=CC2c3c(-c4ccc(N(c5ccccc5)c5ccccc5)cc4)ccc(-c4ccc(N(c5ccccc5)c5ccc(-c6ccc(N(c7ccccc7)c7ccccc7)cc6)cc5)cc4)c3C1CC2C(C)C.CC1=CC2c3c(-c4ccc(Nc5ccccc5)cc4)ccc(-c4ccc(Nc5ccccc5)cc4)c3C1CC2C(C)C.c1ccc(Cc2ccccc2)cc1. The molecule has 4 bridgehead atoms. The quantitative estimate of drug-likeness (QED) is 0.0624. The van der Waals surface area contributed by atoms with Crippen molar-refractivity contribution in [1.82, 2.24) is 0 Å². The lowest BCUT2D eigenvalue weighted by atomic mass is 9.58. The Balaban J connectivity index is 0.000000145. The standard InChI is InChI=1S/C70H59N3.C40H38N2.C13H12.C12H8Br2.C6H5Br/c1-49(2)66-48-67-50(3)47-68(66)70-65(54-35-41-62(42-36-54)72(57-23-13-6-14-24-57)58-25-15-7-16-26-58)46-45-64(69(67)70)53-33-43-63(44-34-53)73(59-27-17-8-18-28-59)61-39-31-52(32-40-61)51-29-37-60(38-30-51)71(55-19-9-4-10-20-55)56-21-11-5-12-22-56;1-26(2)36-25-37-27(3)24-38(36)40-35(29-16-20-33(21-17-29)42-31-12-8-5-9-13-31)23-22-34(39(37)40)28-14-18-32(19-15-28)41-30-10-6-4-7-11-30;1-3-7-12(8-4-1)11-13-9-5-2-6-10-13;13-11-5-1-9(2-6-11)10-3-7-12(14)8-4-10;7-6-4-2-1-3-5-6/h4-47,49,66-68H,48H2,1-3H3;4-24,26,36-38,41-42H,25H2,1-3H3;1-10H,11H2;1-8H;1-5H. The highest BCUT2D eigenvalue weighted by atomic mass is 79.9. The number of anilines is 13. The first-order valence-corrected chi connectivity index (χ1v) is 54.4. The Morgan fingerprint density at radius 3 is 0.664 bits per heavy atom. The Hall–Kier alpha value is -15.7. The van der Waals surface area contributed by atoms with Crippen molar-refractivity contribution < 1.29 is 0 Å². The van der Waals surface area contributed by atoms with E-state index in [0.29, 0.717) is 47.3 Å². The lowest BCUT2D eigenvalue weighted by Crippen LogP contribution is -2.32. The average molecular weight is 2130 g/mol. The molecular formula is C141H122Br3N5. The van der Waals surface area contributed by atoms with E-state index < -0.39 is 0 Å². The van der Waals surface area contributed by atoms with Crippen molar-refractivity contribution in [2.45, 2.75) is 84.5 Å². The maximum absolute atomic E-state index is 3.54. The Kier molecular flexibility index (Phi) is 32.3. The van der Waals surface area contributed by atoms with Gasteiger partial charge < -0.3 is 25.3 Å². The molecule has 2 N–H and O–H groups in total. The van der Waals surface area contributed by atoms with Gasteiger partial charge in [0.05, 0.1) is 0 Å². The highest BCUT2D eigenvalue weighted by molar-refractivity contribution is 9.11. The first kappa shape index (κ1) is 101. The fraction of sp³-hybridized carbons (Fsp3) is 0.121. The maximum Gasteiger partial charge on any atom is 0.0462 e. The van der Waals surface area contributed by atoms with Gasteiger partial charge in [0.25, 0.3) is 0 Å². The maximum atomic E-state index is 3.54. The number of allylic oxidation sites excluding steroid dienone is 4. The Morgan fingerprint density at radius 1 is 0.215 bits per heavy atom. The zero-order chi connectivity index (χ0) is 102. The first-order chi connectivity index (χ1) is 73.1. The van der Waals surface area contributed by atoms with Gasteiger partial charge in [-0.05, 0) is 351 Å². The van der Waals surface area contributed by atoms with E-state index in [-0.39, 0.29) is 0 Å². The van der Waals surface area contributed by atoms with Crippen LogP contribution in [0.2, 0.25) is 0 Å². The van der Waals surface area contributed by atoms with Crippen molar-refractivity contribution in [2.24, 2.45) is 23.7 Å². The van der Waals surface area contributed by atoms with Crippen molar-refractivity contribution >= 4 is 122 Å². The summed E-state index contributed by atoms with van der Waals surface area (Å²) in [7, 11) is 0. The summed E-state index contributed by atoms with van der Waals surface area (Å²) in [5, 5.41) is 7.07. The molecule has 6 aliphatic carbocycles. The van der Waals surface area contributed by atoms with Gasteiger partial charge in [0.15, 0.2) is 0 Å². The minimum atomic E-state index is 0.367. The molecule has 0 amide bonds. The Labute approximate surface area is 906 Å². The molecule has 0 spiro atoms. The van der Waals surface area contributed by atoms with Crippen LogP contribution in [-0.4, -0.2) is 0 Å². The zero-order valence-electron chi connectivity index (χ0n) is 85.0. The normalized spacial score (nSPS) is 15.2. The third kappa shape index (κ3) is 23.9. The smallest absolute Gasteiger partial charge is 0.0462 e. The second kappa shape index (κ2) is 47.9. The van der Waals surface area contributed by atoms with E-state index in [0.717, 1.165) is 93.8 Å². The molecule has 6 aliphatic rings. The molecule has 5 nitrogen and oxygen atoms in total. The van der Waals surface area contributed by atoms with Gasteiger partial charge in [0.2, 0.25) is 0 Å². The third-order valence-corrected chi connectivity index (χ3v) is 31.1. The molecule has 8 heteroatoms. The fourth-order valence-corrected chi connectivity index (χ4v) is 22.9. The van der Waals surface area contributed by atoms with Crippen LogP contribution in [0.5, 0.6) is 0 Å². The number of fused-ring (bicyclic) bond motifs is 2. The summed E-state index contributed by atoms with van der Waals surface area (Å²) in [6.07, 6.45) is 8.66. The number of nitrogens with one attached hydrogen (secondary N) is 2. The van der Waals surface area contributed by atoms with Crippen molar-refractivity contribution in [3.05, 3.63) is 592 Å². The predicted molar refractivity (Wildman–Crippen MR) is 645 cm³/mol. The molecule has 0 saturated carbocycles. The van der Waals surface area contributed by atoms with E-state index in [1.807, 2.05) is 42.5 Å². The largest absolute Gasteiger partial charge is 0.356 e. The van der Waals surface area contributed by atoms with Crippen molar-refractivity contribution in [1.29, 1.82) is 0 Å². The highest BCUT2D eigenvalue weighted by Crippen LogP contribution is 2.61. The van der Waals surface area contributed by atoms with E-state index in [9.17, 15) is 0 Å². The molecule has 149 heavy (non-hydrogen) atoms. The van der Waals surface area contributed by atoms with E-state index in [1.54, 1.807) is 11.1 Å². The number of hydrogen-bond donors (Lipinski definition) is 2. The van der Waals surface area contributed by atoms with Crippen LogP contribution >= 0.6 is 47.8 Å². The minimum Gasteiger partial charge on any atom is -0.356 e. The molecule has 6 atom stereocenters. The molecule has 732 valence electrons. The molecule has 20 aromatic carbocycles. The molecule has 0 aliphatic heterocycles. The van der Waals surface area contributed by atoms with Crippen LogP contribution in [0, 0.1) is 23.7 Å². The van der Waals surface area contributed by atoms with Crippen molar-refractivity contribution in [3.63, 3.8) is 0 Å². The number of benzene rings is 20. The molecule has 0 radical (unpaired) electrons. The fourth-order valence-electron chi connectivity index (χ4n) is 22.0. The van der Waals surface area contributed by atoms with Crippen LogP contribution in [0.25, 0.3) is 66.8 Å². The lowest BCUT2D eigenvalue weighted by molar-refractivity contribution is 0.281. The van der Waals surface area contributed by atoms with E-state index in [1.165, 1.54) is 113 Å². The van der Waals surface area contributed by atoms with Gasteiger partial charge in [-0.2, -0.15) is 0 Å². The lowest BCUT2D eigenvalue weighted by Gasteiger charge is -2.46. The average Bonchev–Trinajstić information content (AvgIpc) is 0.710. The third-order valence-electron chi connectivity index (χ3n) is 29.5. The van der Waals surface area contributed by atoms with Gasteiger partial charge in [-0.15, -0.1) is 0 Å². The summed E-state index contributed by atoms with van der Waals surface area (Å²) >= 11 is 10.2. The molecule has 0 heterocycles. The number of halogens is 3. The first-order valence-electron chi connectivity index (χ1n) is 52.0. The highest BCUT2D eigenvalue weighted by Gasteiger charge is 2.45. The summed E-state index contributed by atoms with van der Waals surface area (Å²) in [6, 6.07) is 186. The van der Waals surface area contributed by atoms with Crippen LogP contribution < -0.4 is 25.3 Å². The molecule has 0 fully saturated rings. The second-order valence-electron chi connectivity index (χ2n) is 39.7. The number of nitrogens with zero attached hydrogens (tertiary/aromatic N) is 3. The summed E-state index contributed by atoms with van der Waals surface area (Å²) in [5.74, 6) is 4.15. The number of rotatable bonds is 23. The topological polar surface area (TPSA) is 33.8 Å². The van der Waals surface area contributed by atoms with Crippen LogP contribution in [0.15, 0.2) is 558 Å². The number of para-hydroxylation sites is 7. The molecule has 20 aromatic rings. The molecule has 26 rings (SSSR count). The molecular weight excluding hydrogens is 2000 g/mol. The molecule has 6 unspecified atom stereocenters. The van der Waals surface area contributed by atoms with Gasteiger partial charge in [-0.3, -0.25) is 0 Å².